The number of methoxy groups -OCH3 is 1. The number of allylic oxidation sites excluding steroid dienone is 1. The molecule has 0 radical (unpaired) electrons. The summed E-state index contributed by atoms with van der Waals surface area (Å²) in [6.45, 7) is 0.0444. The van der Waals surface area contributed by atoms with E-state index in [2.05, 4.69) is 15.6 Å². The second kappa shape index (κ2) is 14.9. The summed E-state index contributed by atoms with van der Waals surface area (Å²) in [6, 6.07) is 5.30. The lowest BCUT2D eigenvalue weighted by Crippen LogP contribution is -2.56. The molecule has 1 unspecified atom stereocenters. The molecule has 2 aliphatic heterocycles. The molecule has 1 aromatic carbocycles. The van der Waals surface area contributed by atoms with E-state index in [0.717, 1.165) is 44.9 Å². The SMILES string of the molecule is COc1ccc2c(O[C@@H]3CC4C(=O)N[C@]5(C(=O)O)C[C@@H]5/C=C\CCCCC[C@H](NC(=O)OC5CCCC5)C(=O)N4C3)cc(-c3nccs3)nc2c1. The number of hydrogen-bond acceptors (Lipinski definition) is 10. The Kier molecular flexibility index (Phi) is 10.1. The molecule has 0 spiro atoms. The Balaban J connectivity index is 1.20. The molecule has 1 saturated heterocycles. The van der Waals surface area contributed by atoms with Gasteiger partial charge in [0, 0.05) is 41.4 Å². The highest BCUT2D eigenvalue weighted by Gasteiger charge is 2.61. The zero-order valence-corrected chi connectivity index (χ0v) is 29.4. The molecule has 3 fully saturated rings. The summed E-state index contributed by atoms with van der Waals surface area (Å²) >= 11 is 1.44. The van der Waals surface area contributed by atoms with E-state index >= 15 is 0 Å². The van der Waals surface area contributed by atoms with Crippen molar-refractivity contribution >= 4 is 46.1 Å². The monoisotopic (exact) mass is 717 g/mol. The van der Waals surface area contributed by atoms with E-state index in [1.54, 1.807) is 19.4 Å². The van der Waals surface area contributed by atoms with Crippen molar-refractivity contribution in [1.29, 1.82) is 0 Å². The third-order valence-electron chi connectivity index (χ3n) is 10.4. The van der Waals surface area contributed by atoms with Gasteiger partial charge in [-0.1, -0.05) is 25.0 Å². The van der Waals surface area contributed by atoms with E-state index in [9.17, 15) is 24.3 Å². The minimum atomic E-state index is -1.44. The molecule has 7 rings (SSSR count). The van der Waals surface area contributed by atoms with Gasteiger partial charge in [-0.25, -0.2) is 19.6 Å². The van der Waals surface area contributed by atoms with Crippen LogP contribution in [0.25, 0.3) is 21.6 Å². The average Bonchev–Trinajstić information content (AvgIpc) is 3.61. The predicted octanol–water partition coefficient (Wildman–Crippen LogP) is 5.23. The van der Waals surface area contributed by atoms with Gasteiger partial charge in [0.25, 0.3) is 0 Å². The van der Waals surface area contributed by atoms with Crippen molar-refractivity contribution < 1.29 is 38.5 Å². The number of aromatic nitrogens is 2. The Morgan fingerprint density at radius 3 is 2.67 bits per heavy atom. The number of pyridine rings is 1. The van der Waals surface area contributed by atoms with Gasteiger partial charge in [-0.3, -0.25) is 9.59 Å². The third-order valence-corrected chi connectivity index (χ3v) is 11.2. The fourth-order valence-electron chi connectivity index (χ4n) is 7.52. The maximum atomic E-state index is 14.4. The van der Waals surface area contributed by atoms with Crippen LogP contribution in [-0.2, 0) is 19.1 Å². The molecule has 3 amide bonds. The summed E-state index contributed by atoms with van der Waals surface area (Å²) in [5, 5.41) is 19.1. The Morgan fingerprint density at radius 1 is 1.08 bits per heavy atom. The summed E-state index contributed by atoms with van der Waals surface area (Å²) in [6.07, 6.45) is 11.5. The van der Waals surface area contributed by atoms with Crippen molar-refractivity contribution in [2.75, 3.05) is 13.7 Å². The molecule has 4 heterocycles. The molecule has 2 aliphatic carbocycles. The standard InChI is InChI=1S/C37H43N5O8S/c1-48-24-13-14-26-28(17-24)39-29(33-38-15-16-51-33)19-31(26)49-25-18-30-32(43)41-37(35(45)46)20-22(37)9-5-3-2-4-6-12-27(34(44)42(30)21-25)40-36(47)50-23-10-7-8-11-23/h5,9,13-17,19,22-23,25,27,30H,2-4,6-8,10-12,18,20-21H2,1H3,(H,40,47)(H,41,43)(H,45,46)/b9-5-/t22-,25+,27-,30?,37+/m0/s1. The van der Waals surface area contributed by atoms with Crippen LogP contribution in [-0.4, -0.2) is 87.3 Å². The zero-order valence-electron chi connectivity index (χ0n) is 28.5. The molecule has 5 atom stereocenters. The topological polar surface area (TPSA) is 169 Å². The first-order valence-corrected chi connectivity index (χ1v) is 18.7. The number of alkyl carbamates (subject to hydrolysis) is 1. The number of carboxylic acid groups (broad SMARTS) is 1. The first kappa shape index (κ1) is 34.7. The Hall–Kier alpha value is -4.72. The van der Waals surface area contributed by atoms with Crippen molar-refractivity contribution in [3.8, 4) is 22.2 Å². The number of hydrogen-bond donors (Lipinski definition) is 3. The molecule has 0 bridgehead atoms. The summed E-state index contributed by atoms with van der Waals surface area (Å²) < 4.78 is 17.7. The second-order valence-corrected chi connectivity index (χ2v) is 14.8. The normalized spacial score (nSPS) is 27.7. The van der Waals surface area contributed by atoms with Crippen molar-refractivity contribution in [1.82, 2.24) is 25.5 Å². The van der Waals surface area contributed by atoms with Crippen molar-refractivity contribution in [2.24, 2.45) is 5.92 Å². The quantitative estimate of drug-likeness (QED) is 0.275. The number of ether oxygens (including phenoxy) is 3. The van der Waals surface area contributed by atoms with Crippen molar-refractivity contribution in [2.45, 2.75) is 100 Å². The number of nitrogens with one attached hydrogen (secondary N) is 2. The molecule has 270 valence electrons. The molecule has 51 heavy (non-hydrogen) atoms. The van der Waals surface area contributed by atoms with Crippen LogP contribution in [0.3, 0.4) is 0 Å². The molecule has 2 saturated carbocycles. The van der Waals surface area contributed by atoms with E-state index in [0.29, 0.717) is 45.9 Å². The van der Waals surface area contributed by atoms with Gasteiger partial charge in [-0.05, 0) is 63.5 Å². The van der Waals surface area contributed by atoms with E-state index < -0.39 is 47.6 Å². The van der Waals surface area contributed by atoms with E-state index in [1.807, 2.05) is 35.7 Å². The van der Waals surface area contributed by atoms with Gasteiger partial charge in [0.1, 0.15) is 52.0 Å². The lowest BCUT2D eigenvalue weighted by molar-refractivity contribution is -0.145. The van der Waals surface area contributed by atoms with Gasteiger partial charge in [0.05, 0.1) is 19.2 Å². The highest BCUT2D eigenvalue weighted by Crippen LogP contribution is 2.45. The molecule has 4 aliphatic rings. The van der Waals surface area contributed by atoms with Crippen LogP contribution < -0.4 is 20.1 Å². The van der Waals surface area contributed by atoms with Gasteiger partial charge < -0.3 is 34.9 Å². The highest BCUT2D eigenvalue weighted by atomic mass is 32.1. The number of carboxylic acids is 1. The van der Waals surface area contributed by atoms with Crippen LogP contribution in [0.15, 0.2) is 48.0 Å². The minimum Gasteiger partial charge on any atom is -0.497 e. The van der Waals surface area contributed by atoms with Crippen LogP contribution in [0.4, 0.5) is 4.79 Å². The third kappa shape index (κ3) is 7.51. The lowest BCUT2D eigenvalue weighted by atomic mass is 10.0. The average molecular weight is 718 g/mol. The largest absolute Gasteiger partial charge is 0.497 e. The number of carbonyl (C=O) groups is 4. The fraction of sp³-hybridized carbons (Fsp3) is 0.514. The summed E-state index contributed by atoms with van der Waals surface area (Å²) in [5.74, 6) is -1.33. The lowest BCUT2D eigenvalue weighted by Gasteiger charge is -2.29. The second-order valence-electron chi connectivity index (χ2n) is 13.9. The summed E-state index contributed by atoms with van der Waals surface area (Å²) in [4.78, 5) is 64.7. The first-order chi connectivity index (χ1) is 24.7. The smallest absolute Gasteiger partial charge is 0.408 e. The fourth-order valence-corrected chi connectivity index (χ4v) is 8.12. The number of fused-ring (bicyclic) bond motifs is 3. The molecular weight excluding hydrogens is 675 g/mol. The number of rotatable bonds is 7. The number of nitrogens with zero attached hydrogens (tertiary/aromatic N) is 3. The summed E-state index contributed by atoms with van der Waals surface area (Å²) in [7, 11) is 1.58. The van der Waals surface area contributed by atoms with Crippen LogP contribution in [0.1, 0.15) is 70.6 Å². The van der Waals surface area contributed by atoms with Gasteiger partial charge in [0.2, 0.25) is 11.8 Å². The number of thiazole rings is 1. The Labute approximate surface area is 299 Å². The molecule has 14 heteroatoms. The number of carbonyl (C=O) groups excluding carboxylic acids is 3. The first-order valence-electron chi connectivity index (χ1n) is 17.8. The van der Waals surface area contributed by atoms with Gasteiger partial charge in [-0.15, -0.1) is 11.3 Å². The Bertz CT molecular complexity index is 1810. The van der Waals surface area contributed by atoms with E-state index in [4.69, 9.17) is 19.2 Å². The number of aliphatic carboxylic acids is 1. The molecule has 13 nitrogen and oxygen atoms in total. The van der Waals surface area contributed by atoms with E-state index in [-0.39, 0.29) is 31.4 Å². The Morgan fingerprint density at radius 2 is 1.90 bits per heavy atom. The predicted molar refractivity (Wildman–Crippen MR) is 188 cm³/mol. The van der Waals surface area contributed by atoms with Gasteiger partial charge >= 0.3 is 12.1 Å². The summed E-state index contributed by atoms with van der Waals surface area (Å²) in [5.41, 5.74) is -0.212. The highest BCUT2D eigenvalue weighted by molar-refractivity contribution is 7.13. The molecule has 2 aromatic heterocycles. The van der Waals surface area contributed by atoms with Crippen LogP contribution >= 0.6 is 11.3 Å². The van der Waals surface area contributed by atoms with Gasteiger partial charge in [0.15, 0.2) is 0 Å². The minimum absolute atomic E-state index is 0.0444. The number of amides is 3. The van der Waals surface area contributed by atoms with Crippen LogP contribution in [0.2, 0.25) is 0 Å². The van der Waals surface area contributed by atoms with Crippen LogP contribution in [0.5, 0.6) is 11.5 Å². The maximum Gasteiger partial charge on any atom is 0.408 e. The van der Waals surface area contributed by atoms with Crippen molar-refractivity contribution in [3.63, 3.8) is 0 Å². The maximum absolute atomic E-state index is 14.4. The molecule has 3 aromatic rings. The molecule has 3 N–H and O–H groups in total. The van der Waals surface area contributed by atoms with E-state index in [1.165, 1.54) is 16.2 Å². The van der Waals surface area contributed by atoms with Crippen molar-refractivity contribution in [3.05, 3.63) is 48.0 Å². The van der Waals surface area contributed by atoms with Crippen LogP contribution in [0, 0.1) is 5.92 Å². The molecular formula is C37H43N5O8S. The zero-order chi connectivity index (χ0) is 35.5. The number of benzene rings is 1. The van der Waals surface area contributed by atoms with Gasteiger partial charge in [-0.2, -0.15) is 0 Å².